The first-order valence-corrected chi connectivity index (χ1v) is 6.43. The highest BCUT2D eigenvalue weighted by Gasteiger charge is 2.16. The van der Waals surface area contributed by atoms with Crippen LogP contribution in [0, 0.1) is 0 Å². The van der Waals surface area contributed by atoms with Crippen LogP contribution in [0.15, 0.2) is 36.7 Å². The van der Waals surface area contributed by atoms with Gasteiger partial charge in [-0.2, -0.15) is 10.2 Å². The first kappa shape index (κ1) is 13.3. The second kappa shape index (κ2) is 6.14. The van der Waals surface area contributed by atoms with Gasteiger partial charge in [-0.15, -0.1) is 0 Å². The highest BCUT2D eigenvalue weighted by Crippen LogP contribution is 2.30. The van der Waals surface area contributed by atoms with Gasteiger partial charge in [0.25, 0.3) is 0 Å². The van der Waals surface area contributed by atoms with Gasteiger partial charge in [0, 0.05) is 16.2 Å². The van der Waals surface area contributed by atoms with Gasteiger partial charge in [0.2, 0.25) is 0 Å². The number of nitrogens with one attached hydrogen (secondary N) is 1. The summed E-state index contributed by atoms with van der Waals surface area (Å²) in [5.41, 5.74) is 1.95. The van der Waals surface area contributed by atoms with Gasteiger partial charge in [0.05, 0.1) is 12.2 Å². The molecule has 0 aliphatic carbocycles. The Morgan fingerprint density at radius 2 is 2.06 bits per heavy atom. The molecule has 0 bridgehead atoms. The van der Waals surface area contributed by atoms with Gasteiger partial charge < -0.3 is 5.32 Å². The largest absolute Gasteiger partial charge is 0.306 e. The van der Waals surface area contributed by atoms with E-state index in [0.717, 1.165) is 17.7 Å². The average Bonchev–Trinajstić information content (AvgIpc) is 2.40. The topological polar surface area (TPSA) is 37.8 Å². The smallest absolute Gasteiger partial charge is 0.0608 e. The number of rotatable bonds is 4. The van der Waals surface area contributed by atoms with Crippen molar-refractivity contribution >= 4 is 23.2 Å². The summed E-state index contributed by atoms with van der Waals surface area (Å²) in [5.74, 6) is 0. The van der Waals surface area contributed by atoms with E-state index >= 15 is 0 Å². The van der Waals surface area contributed by atoms with E-state index in [2.05, 4.69) is 15.5 Å². The zero-order valence-corrected chi connectivity index (χ0v) is 11.4. The summed E-state index contributed by atoms with van der Waals surface area (Å²) >= 11 is 12.3. The van der Waals surface area contributed by atoms with E-state index in [1.54, 1.807) is 24.5 Å². The Labute approximate surface area is 116 Å². The van der Waals surface area contributed by atoms with E-state index in [0.29, 0.717) is 10.0 Å². The van der Waals surface area contributed by atoms with Crippen molar-refractivity contribution in [3.05, 3.63) is 57.8 Å². The fourth-order valence-corrected chi connectivity index (χ4v) is 2.23. The van der Waals surface area contributed by atoms with Crippen LogP contribution >= 0.6 is 23.2 Å². The van der Waals surface area contributed by atoms with E-state index < -0.39 is 0 Å². The minimum absolute atomic E-state index is 0.0308. The predicted octanol–water partition coefficient (Wildman–Crippen LogP) is 3.48. The monoisotopic (exact) mass is 281 g/mol. The van der Waals surface area contributed by atoms with Crippen molar-refractivity contribution in [1.29, 1.82) is 0 Å². The van der Waals surface area contributed by atoms with Gasteiger partial charge in [-0.3, -0.25) is 0 Å². The summed E-state index contributed by atoms with van der Waals surface area (Å²) in [5, 5.41) is 12.4. The lowest BCUT2D eigenvalue weighted by Gasteiger charge is -2.19. The molecule has 18 heavy (non-hydrogen) atoms. The lowest BCUT2D eigenvalue weighted by atomic mass is 10.0. The highest BCUT2D eigenvalue weighted by molar-refractivity contribution is 6.33. The Hall–Kier alpha value is -1.16. The SMILES string of the molecule is CCNC(c1ccnnc1)c1cc(Cl)ccc1Cl. The van der Waals surface area contributed by atoms with E-state index in [1.807, 2.05) is 19.1 Å². The fourth-order valence-electron chi connectivity index (χ4n) is 1.82. The van der Waals surface area contributed by atoms with E-state index in [9.17, 15) is 0 Å². The Bertz CT molecular complexity index is 517. The zero-order valence-electron chi connectivity index (χ0n) is 9.90. The molecular weight excluding hydrogens is 269 g/mol. The third kappa shape index (κ3) is 2.99. The van der Waals surface area contributed by atoms with Gasteiger partial charge in [-0.1, -0.05) is 30.1 Å². The molecule has 1 atom stereocenters. The van der Waals surface area contributed by atoms with Crippen LogP contribution in [-0.2, 0) is 0 Å². The molecule has 0 saturated carbocycles. The molecule has 0 saturated heterocycles. The number of benzene rings is 1. The first-order chi connectivity index (χ1) is 8.72. The lowest BCUT2D eigenvalue weighted by molar-refractivity contribution is 0.626. The lowest BCUT2D eigenvalue weighted by Crippen LogP contribution is -2.22. The van der Waals surface area contributed by atoms with Crippen LogP contribution in [0.4, 0.5) is 0 Å². The molecule has 94 valence electrons. The summed E-state index contributed by atoms with van der Waals surface area (Å²) in [6, 6.07) is 7.34. The van der Waals surface area contributed by atoms with E-state index in [4.69, 9.17) is 23.2 Å². The summed E-state index contributed by atoms with van der Waals surface area (Å²) in [6.07, 6.45) is 3.39. The molecule has 1 heterocycles. The van der Waals surface area contributed by atoms with Crippen LogP contribution < -0.4 is 5.32 Å². The molecule has 3 nitrogen and oxygen atoms in total. The Morgan fingerprint density at radius 1 is 1.22 bits per heavy atom. The molecule has 0 radical (unpaired) electrons. The second-order valence-corrected chi connectivity index (χ2v) is 4.68. The molecule has 2 aromatic rings. The van der Waals surface area contributed by atoms with Crippen molar-refractivity contribution in [2.24, 2.45) is 0 Å². The number of aromatic nitrogens is 2. The van der Waals surface area contributed by atoms with Gasteiger partial charge in [0.15, 0.2) is 0 Å². The standard InChI is InChI=1S/C13H13Cl2N3/c1-2-16-13(9-5-6-17-18-8-9)11-7-10(14)3-4-12(11)15/h3-8,13,16H,2H2,1H3. The van der Waals surface area contributed by atoms with Gasteiger partial charge >= 0.3 is 0 Å². The predicted molar refractivity (Wildman–Crippen MR) is 74.0 cm³/mol. The van der Waals surface area contributed by atoms with Crippen molar-refractivity contribution in [3.8, 4) is 0 Å². The molecule has 1 N–H and O–H groups in total. The third-order valence-electron chi connectivity index (χ3n) is 2.62. The summed E-state index contributed by atoms with van der Waals surface area (Å²) < 4.78 is 0. The summed E-state index contributed by atoms with van der Waals surface area (Å²) in [4.78, 5) is 0. The minimum Gasteiger partial charge on any atom is -0.306 e. The maximum absolute atomic E-state index is 6.24. The second-order valence-electron chi connectivity index (χ2n) is 3.83. The third-order valence-corrected chi connectivity index (χ3v) is 3.20. The van der Waals surface area contributed by atoms with E-state index in [1.165, 1.54) is 0 Å². The zero-order chi connectivity index (χ0) is 13.0. The molecular formula is C13H13Cl2N3. The van der Waals surface area contributed by atoms with Crippen LogP contribution in [0.1, 0.15) is 24.1 Å². The Balaban J connectivity index is 2.44. The van der Waals surface area contributed by atoms with E-state index in [-0.39, 0.29) is 6.04 Å². The number of nitrogens with zero attached hydrogens (tertiary/aromatic N) is 2. The van der Waals surface area contributed by atoms with Crippen LogP contribution in [-0.4, -0.2) is 16.7 Å². The van der Waals surface area contributed by atoms with Gasteiger partial charge in [0.1, 0.15) is 0 Å². The van der Waals surface area contributed by atoms with Crippen molar-refractivity contribution in [3.63, 3.8) is 0 Å². The van der Waals surface area contributed by atoms with Crippen molar-refractivity contribution < 1.29 is 0 Å². The fraction of sp³-hybridized carbons (Fsp3) is 0.231. The molecule has 1 unspecified atom stereocenters. The minimum atomic E-state index is -0.0308. The number of halogens is 2. The normalized spacial score (nSPS) is 12.4. The van der Waals surface area contributed by atoms with Gasteiger partial charge in [-0.25, -0.2) is 0 Å². The molecule has 2 rings (SSSR count). The van der Waals surface area contributed by atoms with Crippen LogP contribution in [0.2, 0.25) is 10.0 Å². The van der Waals surface area contributed by atoms with Crippen molar-refractivity contribution in [2.45, 2.75) is 13.0 Å². The molecule has 0 amide bonds. The molecule has 1 aromatic heterocycles. The highest BCUT2D eigenvalue weighted by atomic mass is 35.5. The van der Waals surface area contributed by atoms with Crippen LogP contribution in [0.25, 0.3) is 0 Å². The van der Waals surface area contributed by atoms with Crippen molar-refractivity contribution in [1.82, 2.24) is 15.5 Å². The molecule has 0 spiro atoms. The Kier molecular flexibility index (Phi) is 4.53. The summed E-state index contributed by atoms with van der Waals surface area (Å²) in [7, 11) is 0. The van der Waals surface area contributed by atoms with Crippen molar-refractivity contribution in [2.75, 3.05) is 6.54 Å². The molecule has 0 aliphatic rings. The number of hydrogen-bond acceptors (Lipinski definition) is 3. The summed E-state index contributed by atoms with van der Waals surface area (Å²) in [6.45, 7) is 2.86. The maximum Gasteiger partial charge on any atom is 0.0608 e. The molecule has 1 aromatic carbocycles. The van der Waals surface area contributed by atoms with Crippen LogP contribution in [0.3, 0.4) is 0 Å². The number of hydrogen-bond donors (Lipinski definition) is 1. The first-order valence-electron chi connectivity index (χ1n) is 5.67. The van der Waals surface area contributed by atoms with Crippen LogP contribution in [0.5, 0.6) is 0 Å². The molecule has 0 aliphatic heterocycles. The Morgan fingerprint density at radius 3 is 2.72 bits per heavy atom. The molecule has 5 heteroatoms. The molecule has 0 fully saturated rings. The quantitative estimate of drug-likeness (QED) is 0.932. The van der Waals surface area contributed by atoms with Gasteiger partial charge in [-0.05, 0) is 41.9 Å². The maximum atomic E-state index is 6.24. The average molecular weight is 282 g/mol.